The van der Waals surface area contributed by atoms with Gasteiger partial charge < -0.3 is 9.84 Å². The minimum Gasteiger partial charge on any atom is -0.481 e. The van der Waals surface area contributed by atoms with Crippen LogP contribution in [-0.4, -0.2) is 27.1 Å². The van der Waals surface area contributed by atoms with Crippen molar-refractivity contribution in [3.8, 4) is 5.88 Å². The molecular formula is C9H12N2O3. The smallest absolute Gasteiger partial charge is 0.309 e. The van der Waals surface area contributed by atoms with E-state index < -0.39 is 5.97 Å². The van der Waals surface area contributed by atoms with Gasteiger partial charge in [0.2, 0.25) is 5.88 Å². The fourth-order valence-electron chi connectivity index (χ4n) is 0.935. The summed E-state index contributed by atoms with van der Waals surface area (Å²) in [5.41, 5.74) is 0.447. The van der Waals surface area contributed by atoms with Crippen LogP contribution in [0.15, 0.2) is 12.4 Å². The van der Waals surface area contributed by atoms with Gasteiger partial charge in [0.15, 0.2) is 0 Å². The van der Waals surface area contributed by atoms with Crippen LogP contribution in [0.5, 0.6) is 5.88 Å². The molecule has 1 rings (SSSR count). The number of carbonyl (C=O) groups is 1. The van der Waals surface area contributed by atoms with Crippen molar-refractivity contribution >= 4 is 5.97 Å². The summed E-state index contributed by atoms with van der Waals surface area (Å²) in [6.45, 7) is 3.75. The van der Waals surface area contributed by atoms with Gasteiger partial charge in [-0.05, 0) is 13.8 Å². The Hall–Kier alpha value is -1.65. The van der Waals surface area contributed by atoms with Gasteiger partial charge >= 0.3 is 5.97 Å². The highest BCUT2D eigenvalue weighted by Crippen LogP contribution is 2.09. The molecule has 0 bridgehead atoms. The van der Waals surface area contributed by atoms with Crippen LogP contribution in [-0.2, 0) is 11.2 Å². The van der Waals surface area contributed by atoms with Crippen LogP contribution in [0.2, 0.25) is 0 Å². The van der Waals surface area contributed by atoms with Crippen LogP contribution >= 0.6 is 0 Å². The lowest BCUT2D eigenvalue weighted by Gasteiger charge is -2.08. The predicted molar refractivity (Wildman–Crippen MR) is 49.1 cm³/mol. The van der Waals surface area contributed by atoms with E-state index in [1.807, 2.05) is 13.8 Å². The Bertz CT molecular complexity index is 326. The maximum Gasteiger partial charge on any atom is 0.309 e. The molecule has 1 N–H and O–H groups in total. The van der Waals surface area contributed by atoms with Gasteiger partial charge in [-0.3, -0.25) is 4.79 Å². The van der Waals surface area contributed by atoms with Gasteiger partial charge in [0.05, 0.1) is 18.2 Å². The monoisotopic (exact) mass is 196 g/mol. The molecule has 0 saturated heterocycles. The maximum atomic E-state index is 10.4. The molecule has 5 heteroatoms. The molecule has 76 valence electrons. The zero-order chi connectivity index (χ0) is 10.6. The van der Waals surface area contributed by atoms with Gasteiger partial charge in [-0.25, -0.2) is 9.97 Å². The van der Waals surface area contributed by atoms with E-state index in [9.17, 15) is 4.79 Å². The Labute approximate surface area is 81.8 Å². The number of carboxylic acid groups (broad SMARTS) is 1. The second kappa shape index (κ2) is 4.55. The van der Waals surface area contributed by atoms with Crippen molar-refractivity contribution in [3.05, 3.63) is 18.1 Å². The SMILES string of the molecule is CC(C)Oc1cc(CC(=O)O)ncn1. The molecule has 0 aliphatic rings. The first kappa shape index (κ1) is 10.4. The molecule has 0 amide bonds. The number of nitrogens with zero attached hydrogens (tertiary/aromatic N) is 2. The second-order valence-corrected chi connectivity index (χ2v) is 3.08. The zero-order valence-electron chi connectivity index (χ0n) is 8.10. The molecule has 1 aromatic heterocycles. The summed E-state index contributed by atoms with van der Waals surface area (Å²) in [7, 11) is 0. The lowest BCUT2D eigenvalue weighted by Crippen LogP contribution is -2.09. The number of rotatable bonds is 4. The van der Waals surface area contributed by atoms with Crippen LogP contribution in [0.1, 0.15) is 19.5 Å². The van der Waals surface area contributed by atoms with Gasteiger partial charge in [-0.1, -0.05) is 0 Å². The summed E-state index contributed by atoms with van der Waals surface area (Å²) in [6, 6.07) is 1.54. The van der Waals surface area contributed by atoms with Crippen LogP contribution in [0.25, 0.3) is 0 Å². The van der Waals surface area contributed by atoms with E-state index in [2.05, 4.69) is 9.97 Å². The molecule has 1 aromatic rings. The topological polar surface area (TPSA) is 72.3 Å². The Kier molecular flexibility index (Phi) is 3.39. The van der Waals surface area contributed by atoms with Crippen LogP contribution < -0.4 is 4.74 Å². The van der Waals surface area contributed by atoms with Crippen molar-refractivity contribution in [2.75, 3.05) is 0 Å². The molecule has 1 heterocycles. The van der Waals surface area contributed by atoms with Crippen molar-refractivity contribution < 1.29 is 14.6 Å². The van der Waals surface area contributed by atoms with Crippen molar-refractivity contribution in [1.82, 2.24) is 9.97 Å². The van der Waals surface area contributed by atoms with E-state index in [1.165, 1.54) is 12.4 Å². The van der Waals surface area contributed by atoms with E-state index in [-0.39, 0.29) is 12.5 Å². The van der Waals surface area contributed by atoms with Crippen LogP contribution in [0.4, 0.5) is 0 Å². The lowest BCUT2D eigenvalue weighted by molar-refractivity contribution is -0.136. The average Bonchev–Trinajstić information content (AvgIpc) is 2.01. The molecule has 5 nitrogen and oxygen atoms in total. The normalized spacial score (nSPS) is 10.2. The number of hydrogen-bond donors (Lipinski definition) is 1. The summed E-state index contributed by atoms with van der Waals surface area (Å²) in [5, 5.41) is 8.54. The summed E-state index contributed by atoms with van der Waals surface area (Å²) in [6.07, 6.45) is 1.20. The van der Waals surface area contributed by atoms with Crippen molar-refractivity contribution in [1.29, 1.82) is 0 Å². The third-order valence-electron chi connectivity index (χ3n) is 1.39. The number of ether oxygens (including phenoxy) is 1. The third-order valence-corrected chi connectivity index (χ3v) is 1.39. The standard InChI is InChI=1S/C9H12N2O3/c1-6(2)14-8-3-7(4-9(12)13)10-5-11-8/h3,5-6H,4H2,1-2H3,(H,12,13). The van der Waals surface area contributed by atoms with E-state index in [0.717, 1.165) is 0 Å². The predicted octanol–water partition coefficient (Wildman–Crippen LogP) is 0.891. The summed E-state index contributed by atoms with van der Waals surface area (Å²) < 4.78 is 5.29. The van der Waals surface area contributed by atoms with Gasteiger partial charge in [0.1, 0.15) is 6.33 Å². The first-order valence-corrected chi connectivity index (χ1v) is 4.27. The highest BCUT2D eigenvalue weighted by atomic mass is 16.5. The third kappa shape index (κ3) is 3.38. The average molecular weight is 196 g/mol. The number of aliphatic carboxylic acids is 1. The molecule has 0 fully saturated rings. The molecule has 14 heavy (non-hydrogen) atoms. The summed E-state index contributed by atoms with van der Waals surface area (Å²) in [4.78, 5) is 18.1. The lowest BCUT2D eigenvalue weighted by atomic mass is 10.3. The van der Waals surface area contributed by atoms with Crippen molar-refractivity contribution in [3.63, 3.8) is 0 Å². The molecule has 0 radical (unpaired) electrons. The first-order valence-electron chi connectivity index (χ1n) is 4.27. The Morgan fingerprint density at radius 1 is 1.57 bits per heavy atom. The Balaban J connectivity index is 2.73. The molecule has 0 unspecified atom stereocenters. The Morgan fingerprint density at radius 3 is 2.86 bits per heavy atom. The number of hydrogen-bond acceptors (Lipinski definition) is 4. The van der Waals surface area contributed by atoms with E-state index in [0.29, 0.717) is 11.6 Å². The van der Waals surface area contributed by atoms with E-state index in [1.54, 1.807) is 0 Å². The van der Waals surface area contributed by atoms with E-state index >= 15 is 0 Å². The van der Waals surface area contributed by atoms with Crippen LogP contribution in [0, 0.1) is 0 Å². The largest absolute Gasteiger partial charge is 0.481 e. The highest BCUT2D eigenvalue weighted by Gasteiger charge is 2.05. The van der Waals surface area contributed by atoms with Crippen LogP contribution in [0.3, 0.4) is 0 Å². The number of carboxylic acids is 1. The highest BCUT2D eigenvalue weighted by molar-refractivity contribution is 5.69. The summed E-state index contributed by atoms with van der Waals surface area (Å²) in [5.74, 6) is -0.509. The second-order valence-electron chi connectivity index (χ2n) is 3.08. The van der Waals surface area contributed by atoms with Gasteiger partial charge in [0.25, 0.3) is 0 Å². The minimum absolute atomic E-state index is 0.0163. The van der Waals surface area contributed by atoms with Gasteiger partial charge in [-0.2, -0.15) is 0 Å². The quantitative estimate of drug-likeness (QED) is 0.774. The number of aromatic nitrogens is 2. The molecule has 0 aliphatic heterocycles. The fourth-order valence-corrected chi connectivity index (χ4v) is 0.935. The Morgan fingerprint density at radius 2 is 2.29 bits per heavy atom. The molecule has 0 saturated carbocycles. The minimum atomic E-state index is -0.917. The molecule has 0 aromatic carbocycles. The fraction of sp³-hybridized carbons (Fsp3) is 0.444. The van der Waals surface area contributed by atoms with Crippen molar-refractivity contribution in [2.45, 2.75) is 26.4 Å². The molecular weight excluding hydrogens is 184 g/mol. The van der Waals surface area contributed by atoms with Gasteiger partial charge in [0, 0.05) is 6.07 Å². The zero-order valence-corrected chi connectivity index (χ0v) is 8.10. The van der Waals surface area contributed by atoms with E-state index in [4.69, 9.17) is 9.84 Å². The molecule has 0 spiro atoms. The molecule has 0 atom stereocenters. The maximum absolute atomic E-state index is 10.4. The van der Waals surface area contributed by atoms with Crippen molar-refractivity contribution in [2.24, 2.45) is 0 Å². The summed E-state index contributed by atoms with van der Waals surface area (Å²) >= 11 is 0. The molecule has 0 aliphatic carbocycles. The first-order chi connectivity index (χ1) is 6.58. The van der Waals surface area contributed by atoms with Gasteiger partial charge in [-0.15, -0.1) is 0 Å².